The third kappa shape index (κ3) is 4.64. The highest BCUT2D eigenvalue weighted by Gasteiger charge is 2.04. The molecule has 0 aliphatic heterocycles. The number of urea groups is 1. The molecular formula is C14H16N4O3. The fraction of sp³-hybridized carbons (Fsp3) is 0.214. The Morgan fingerprint density at radius 1 is 1.24 bits per heavy atom. The first-order valence-electron chi connectivity index (χ1n) is 6.37. The van der Waals surface area contributed by atoms with Crippen molar-refractivity contribution in [1.29, 1.82) is 0 Å². The van der Waals surface area contributed by atoms with Crippen molar-refractivity contribution in [3.05, 3.63) is 47.8 Å². The summed E-state index contributed by atoms with van der Waals surface area (Å²) >= 11 is 0. The fourth-order valence-electron chi connectivity index (χ4n) is 1.78. The predicted octanol–water partition coefficient (Wildman–Crippen LogP) is 1.37. The molecule has 110 valence electrons. The third-order valence-corrected chi connectivity index (χ3v) is 2.77. The number of carbonyl (C=O) groups excluding carboxylic acids is 1. The molecule has 3 N–H and O–H groups in total. The quantitative estimate of drug-likeness (QED) is 0.774. The van der Waals surface area contributed by atoms with Crippen LogP contribution in [0.25, 0.3) is 0 Å². The van der Waals surface area contributed by atoms with E-state index in [9.17, 15) is 9.59 Å². The van der Waals surface area contributed by atoms with Gasteiger partial charge in [0.2, 0.25) is 0 Å². The average Bonchev–Trinajstić information content (AvgIpc) is 2.84. The van der Waals surface area contributed by atoms with E-state index in [1.54, 1.807) is 35.1 Å². The lowest BCUT2D eigenvalue weighted by Gasteiger charge is -2.07. The first kappa shape index (κ1) is 14.6. The molecule has 0 bridgehead atoms. The topological polar surface area (TPSA) is 96.2 Å². The van der Waals surface area contributed by atoms with Gasteiger partial charge in [-0.05, 0) is 23.8 Å². The van der Waals surface area contributed by atoms with Crippen LogP contribution in [0.5, 0.6) is 0 Å². The number of aromatic nitrogens is 2. The number of carboxylic acids is 1. The van der Waals surface area contributed by atoms with Crippen molar-refractivity contribution in [3.63, 3.8) is 0 Å². The van der Waals surface area contributed by atoms with E-state index in [1.165, 1.54) is 0 Å². The number of hydrogen-bond donors (Lipinski definition) is 3. The molecule has 0 aliphatic rings. The molecule has 0 unspecified atom stereocenters. The summed E-state index contributed by atoms with van der Waals surface area (Å²) in [6.07, 6.45) is 1.77. The standard InChI is InChI=1S/C14H16N4O3/c1-18-7-6-12(17-18)9-15-14(21)16-11-4-2-10(3-5-11)8-13(19)20/h2-7H,8-9H2,1H3,(H,19,20)(H2,15,16,21). The van der Waals surface area contributed by atoms with Gasteiger partial charge < -0.3 is 15.7 Å². The van der Waals surface area contributed by atoms with E-state index in [0.29, 0.717) is 17.8 Å². The van der Waals surface area contributed by atoms with Gasteiger partial charge in [-0.2, -0.15) is 5.10 Å². The van der Waals surface area contributed by atoms with Gasteiger partial charge in [-0.1, -0.05) is 12.1 Å². The number of nitrogens with zero attached hydrogens (tertiary/aromatic N) is 2. The van der Waals surface area contributed by atoms with Gasteiger partial charge in [-0.3, -0.25) is 9.48 Å². The second kappa shape index (κ2) is 6.56. The number of hydrogen-bond acceptors (Lipinski definition) is 3. The predicted molar refractivity (Wildman–Crippen MR) is 76.8 cm³/mol. The molecule has 21 heavy (non-hydrogen) atoms. The molecular weight excluding hydrogens is 272 g/mol. The molecule has 2 aromatic rings. The Balaban J connectivity index is 1.83. The van der Waals surface area contributed by atoms with Crippen molar-refractivity contribution in [2.24, 2.45) is 7.05 Å². The molecule has 2 rings (SSSR count). The summed E-state index contributed by atoms with van der Waals surface area (Å²) < 4.78 is 1.66. The first-order valence-corrected chi connectivity index (χ1v) is 6.37. The van der Waals surface area contributed by atoms with Gasteiger partial charge >= 0.3 is 12.0 Å². The molecule has 0 aliphatic carbocycles. The molecule has 0 radical (unpaired) electrons. The Morgan fingerprint density at radius 3 is 2.52 bits per heavy atom. The van der Waals surface area contributed by atoms with Crippen LogP contribution in [0.3, 0.4) is 0 Å². The van der Waals surface area contributed by atoms with Crippen molar-refractivity contribution in [2.75, 3.05) is 5.32 Å². The van der Waals surface area contributed by atoms with Gasteiger partial charge in [0.05, 0.1) is 18.7 Å². The highest BCUT2D eigenvalue weighted by atomic mass is 16.4. The van der Waals surface area contributed by atoms with Crippen LogP contribution in [-0.4, -0.2) is 26.9 Å². The number of aliphatic carboxylic acids is 1. The maximum Gasteiger partial charge on any atom is 0.319 e. The van der Waals surface area contributed by atoms with Crippen LogP contribution >= 0.6 is 0 Å². The Hall–Kier alpha value is -2.83. The number of benzene rings is 1. The zero-order valence-corrected chi connectivity index (χ0v) is 11.5. The van der Waals surface area contributed by atoms with Crippen molar-refractivity contribution in [2.45, 2.75) is 13.0 Å². The van der Waals surface area contributed by atoms with Crippen LogP contribution in [0, 0.1) is 0 Å². The second-order valence-corrected chi connectivity index (χ2v) is 4.56. The van der Waals surface area contributed by atoms with Crippen LogP contribution in [0.4, 0.5) is 10.5 Å². The van der Waals surface area contributed by atoms with E-state index in [4.69, 9.17) is 5.11 Å². The lowest BCUT2D eigenvalue weighted by molar-refractivity contribution is -0.136. The monoisotopic (exact) mass is 288 g/mol. The molecule has 7 heteroatoms. The lowest BCUT2D eigenvalue weighted by Crippen LogP contribution is -2.28. The van der Waals surface area contributed by atoms with Crippen LogP contribution in [0.1, 0.15) is 11.3 Å². The molecule has 1 aromatic heterocycles. The van der Waals surface area contributed by atoms with Gasteiger partial charge in [0.15, 0.2) is 0 Å². The van der Waals surface area contributed by atoms with E-state index in [2.05, 4.69) is 15.7 Å². The number of anilines is 1. The molecule has 2 amide bonds. The highest BCUT2D eigenvalue weighted by molar-refractivity contribution is 5.89. The van der Waals surface area contributed by atoms with Crippen molar-refractivity contribution < 1.29 is 14.7 Å². The molecule has 0 saturated carbocycles. The minimum Gasteiger partial charge on any atom is -0.481 e. The molecule has 0 atom stereocenters. The maximum atomic E-state index is 11.7. The number of carbonyl (C=O) groups is 2. The Morgan fingerprint density at radius 2 is 1.95 bits per heavy atom. The van der Waals surface area contributed by atoms with E-state index >= 15 is 0 Å². The minimum atomic E-state index is -0.885. The second-order valence-electron chi connectivity index (χ2n) is 4.56. The zero-order valence-electron chi connectivity index (χ0n) is 11.5. The number of nitrogens with one attached hydrogen (secondary N) is 2. The number of carboxylic acid groups (broad SMARTS) is 1. The maximum absolute atomic E-state index is 11.7. The Labute approximate surface area is 121 Å². The lowest BCUT2D eigenvalue weighted by atomic mass is 10.1. The summed E-state index contributed by atoms with van der Waals surface area (Å²) in [5.74, 6) is -0.885. The minimum absolute atomic E-state index is 0.0356. The van der Waals surface area contributed by atoms with Crippen molar-refractivity contribution >= 4 is 17.7 Å². The van der Waals surface area contributed by atoms with Gasteiger partial charge in [0.1, 0.15) is 0 Å². The third-order valence-electron chi connectivity index (χ3n) is 2.77. The van der Waals surface area contributed by atoms with Crippen molar-refractivity contribution in [3.8, 4) is 0 Å². The Kier molecular flexibility index (Phi) is 4.55. The Bertz CT molecular complexity index is 634. The van der Waals surface area contributed by atoms with Gasteiger partial charge in [-0.25, -0.2) is 4.79 Å². The molecule has 1 heterocycles. The summed E-state index contributed by atoms with van der Waals surface area (Å²) in [6.45, 7) is 0.337. The number of amides is 2. The molecule has 0 spiro atoms. The molecule has 0 saturated heterocycles. The smallest absolute Gasteiger partial charge is 0.319 e. The summed E-state index contributed by atoms with van der Waals surface area (Å²) in [5, 5.41) is 18.2. The van der Waals surface area contributed by atoms with E-state index in [0.717, 1.165) is 5.69 Å². The van der Waals surface area contributed by atoms with Gasteiger partial charge in [0, 0.05) is 18.9 Å². The van der Waals surface area contributed by atoms with Crippen LogP contribution in [0.2, 0.25) is 0 Å². The van der Waals surface area contributed by atoms with Crippen LogP contribution in [-0.2, 0) is 24.8 Å². The number of rotatable bonds is 5. The summed E-state index contributed by atoms with van der Waals surface area (Å²) in [4.78, 5) is 22.3. The summed E-state index contributed by atoms with van der Waals surface area (Å²) in [7, 11) is 1.81. The largest absolute Gasteiger partial charge is 0.481 e. The summed E-state index contributed by atoms with van der Waals surface area (Å²) in [5.41, 5.74) is 2.05. The van der Waals surface area contributed by atoms with Gasteiger partial charge in [-0.15, -0.1) is 0 Å². The SMILES string of the molecule is Cn1ccc(CNC(=O)Nc2ccc(CC(=O)O)cc2)n1. The van der Waals surface area contributed by atoms with E-state index < -0.39 is 5.97 Å². The van der Waals surface area contributed by atoms with Crippen LogP contribution < -0.4 is 10.6 Å². The molecule has 0 fully saturated rings. The normalized spacial score (nSPS) is 10.1. The zero-order chi connectivity index (χ0) is 15.2. The molecule has 7 nitrogen and oxygen atoms in total. The first-order chi connectivity index (χ1) is 10.0. The van der Waals surface area contributed by atoms with Gasteiger partial charge in [0.25, 0.3) is 0 Å². The average molecular weight is 288 g/mol. The van der Waals surface area contributed by atoms with E-state index in [-0.39, 0.29) is 12.5 Å². The highest BCUT2D eigenvalue weighted by Crippen LogP contribution is 2.10. The fourth-order valence-corrected chi connectivity index (χ4v) is 1.78. The van der Waals surface area contributed by atoms with Crippen molar-refractivity contribution in [1.82, 2.24) is 15.1 Å². The molecule has 1 aromatic carbocycles. The summed E-state index contributed by atoms with van der Waals surface area (Å²) in [6, 6.07) is 8.15. The van der Waals surface area contributed by atoms with Crippen LogP contribution in [0.15, 0.2) is 36.5 Å². The van der Waals surface area contributed by atoms with E-state index in [1.807, 2.05) is 13.1 Å². The number of aryl methyl sites for hydroxylation is 1.